The summed E-state index contributed by atoms with van der Waals surface area (Å²) in [7, 11) is 0. The Labute approximate surface area is 161 Å². The van der Waals surface area contributed by atoms with Gasteiger partial charge in [0.1, 0.15) is 0 Å². The molecule has 0 aliphatic carbocycles. The van der Waals surface area contributed by atoms with Crippen LogP contribution in [0.15, 0.2) is 42.5 Å². The van der Waals surface area contributed by atoms with Gasteiger partial charge in [-0.1, -0.05) is 48.4 Å². The number of amides is 1. The summed E-state index contributed by atoms with van der Waals surface area (Å²) in [5, 5.41) is 14.3. The van der Waals surface area contributed by atoms with Gasteiger partial charge in [0.25, 0.3) is 0 Å². The van der Waals surface area contributed by atoms with Crippen LogP contribution in [0.2, 0.25) is 0 Å². The topological polar surface area (TPSA) is 69.2 Å². The second-order valence-corrected chi connectivity index (χ2v) is 7.55. The third kappa shape index (κ3) is 5.29. The van der Waals surface area contributed by atoms with Crippen molar-refractivity contribution < 1.29 is 14.7 Å². The molecular weight excluding hydrogens is 429 g/mol. The highest BCUT2D eigenvalue weighted by atomic mass is 127. The predicted octanol–water partition coefficient (Wildman–Crippen LogP) is 3.09. The van der Waals surface area contributed by atoms with E-state index in [2.05, 4.69) is 27.9 Å². The smallest absolute Gasteiger partial charge is 0.228 e. The number of nitrogens with one attached hydrogen (secondary N) is 1. The minimum atomic E-state index is -1.22. The second-order valence-electron chi connectivity index (χ2n) is 6.38. The largest absolute Gasteiger partial charge is 0.550 e. The number of carbonyl (C=O) groups excluding carboxylic acids is 2. The molecule has 5 heteroatoms. The average molecular weight is 450 g/mol. The maximum Gasteiger partial charge on any atom is 0.228 e. The number of hydrogen-bond acceptors (Lipinski definition) is 3. The molecule has 1 amide bonds. The van der Waals surface area contributed by atoms with Crippen molar-refractivity contribution in [3.05, 3.63) is 62.7 Å². The van der Waals surface area contributed by atoms with Crippen LogP contribution in [-0.4, -0.2) is 11.9 Å². The molecule has 0 spiro atoms. The molecule has 0 aliphatic heterocycles. The number of anilines is 1. The molecule has 0 aliphatic rings. The monoisotopic (exact) mass is 450 g/mol. The molecule has 0 unspecified atom stereocenters. The zero-order valence-corrected chi connectivity index (χ0v) is 16.7. The van der Waals surface area contributed by atoms with Gasteiger partial charge in [-0.15, -0.1) is 0 Å². The number of rotatable bonds is 6. The number of benzene rings is 2. The van der Waals surface area contributed by atoms with Gasteiger partial charge in [0, 0.05) is 15.5 Å². The van der Waals surface area contributed by atoms with Crippen LogP contribution in [0, 0.1) is 29.3 Å². The standard InChI is InChI=1S/C20H22INO3/c1-12-8-13(2)10-15(9-12)11-16(14(3)20(24)25)19(23)22-18-7-5-4-6-17(18)21/h4-10,14,16H,11H2,1-3H3,(H,22,23)(H,24,25)/p-1/t14-,16+/m1/s1. The first kappa shape index (κ1) is 19.4. The molecule has 2 aromatic rings. The van der Waals surface area contributed by atoms with Crippen molar-refractivity contribution >= 4 is 40.2 Å². The van der Waals surface area contributed by atoms with Gasteiger partial charge >= 0.3 is 0 Å². The van der Waals surface area contributed by atoms with Crippen molar-refractivity contribution in [2.45, 2.75) is 27.2 Å². The number of aryl methyl sites for hydroxylation is 2. The van der Waals surface area contributed by atoms with Gasteiger partial charge in [-0.2, -0.15) is 0 Å². The van der Waals surface area contributed by atoms with Gasteiger partial charge in [0.05, 0.1) is 11.6 Å². The lowest BCUT2D eigenvalue weighted by atomic mass is 9.86. The number of carboxylic acids is 1. The molecule has 0 saturated heterocycles. The lowest BCUT2D eigenvalue weighted by molar-refractivity contribution is -0.312. The summed E-state index contributed by atoms with van der Waals surface area (Å²) >= 11 is 2.14. The minimum absolute atomic E-state index is 0.306. The lowest BCUT2D eigenvalue weighted by Gasteiger charge is -2.24. The van der Waals surface area contributed by atoms with E-state index in [4.69, 9.17) is 0 Å². The Morgan fingerprint density at radius 1 is 1.12 bits per heavy atom. The summed E-state index contributed by atoms with van der Waals surface area (Å²) in [5.74, 6) is -3.11. The van der Waals surface area contributed by atoms with E-state index in [1.165, 1.54) is 6.92 Å². The number of hydrogen-bond donors (Lipinski definition) is 1. The molecule has 2 rings (SSSR count). The van der Waals surface area contributed by atoms with E-state index in [1.807, 2.05) is 50.2 Å². The number of aliphatic carboxylic acids is 1. The predicted molar refractivity (Wildman–Crippen MR) is 105 cm³/mol. The Hall–Kier alpha value is -1.89. The molecule has 25 heavy (non-hydrogen) atoms. The quantitative estimate of drug-likeness (QED) is 0.688. The molecule has 132 valence electrons. The molecular formula is C20H21INO3-. The van der Waals surface area contributed by atoms with Gasteiger partial charge in [-0.05, 0) is 60.6 Å². The van der Waals surface area contributed by atoms with Gasteiger partial charge < -0.3 is 15.2 Å². The average Bonchev–Trinajstić information content (AvgIpc) is 2.53. The second kappa shape index (κ2) is 8.47. The van der Waals surface area contributed by atoms with Crippen LogP contribution in [0.3, 0.4) is 0 Å². The lowest BCUT2D eigenvalue weighted by Crippen LogP contribution is -2.40. The maximum atomic E-state index is 12.8. The van der Waals surface area contributed by atoms with Crippen molar-refractivity contribution in [1.29, 1.82) is 0 Å². The minimum Gasteiger partial charge on any atom is -0.550 e. The maximum absolute atomic E-state index is 12.8. The fourth-order valence-corrected chi connectivity index (χ4v) is 3.41. The van der Waals surface area contributed by atoms with Crippen molar-refractivity contribution in [2.24, 2.45) is 11.8 Å². The first-order valence-corrected chi connectivity index (χ1v) is 9.19. The molecule has 0 saturated carbocycles. The van der Waals surface area contributed by atoms with Crippen LogP contribution in [0.25, 0.3) is 0 Å². The summed E-state index contributed by atoms with van der Waals surface area (Å²) in [6.07, 6.45) is 0.354. The van der Waals surface area contributed by atoms with Crippen LogP contribution in [0.5, 0.6) is 0 Å². The van der Waals surface area contributed by atoms with E-state index < -0.39 is 17.8 Å². The molecule has 0 fully saturated rings. The van der Waals surface area contributed by atoms with Crippen LogP contribution >= 0.6 is 22.6 Å². The molecule has 0 bridgehead atoms. The van der Waals surface area contributed by atoms with Gasteiger partial charge in [0.2, 0.25) is 5.91 Å². The fourth-order valence-electron chi connectivity index (χ4n) is 2.89. The summed E-state index contributed by atoms with van der Waals surface area (Å²) in [5.41, 5.74) is 3.82. The first-order valence-electron chi connectivity index (χ1n) is 8.11. The van der Waals surface area contributed by atoms with E-state index in [0.717, 1.165) is 20.3 Å². The molecule has 2 aromatic carbocycles. The number of carbonyl (C=O) groups is 2. The van der Waals surface area contributed by atoms with Gasteiger partial charge in [-0.3, -0.25) is 4.79 Å². The molecule has 1 N–H and O–H groups in total. The van der Waals surface area contributed by atoms with E-state index in [-0.39, 0.29) is 5.91 Å². The summed E-state index contributed by atoms with van der Waals surface area (Å²) in [6, 6.07) is 13.4. The van der Waals surface area contributed by atoms with E-state index in [1.54, 1.807) is 6.07 Å². The highest BCUT2D eigenvalue weighted by Gasteiger charge is 2.27. The van der Waals surface area contributed by atoms with Crippen LogP contribution in [0.1, 0.15) is 23.6 Å². The van der Waals surface area contributed by atoms with E-state index >= 15 is 0 Å². The highest BCUT2D eigenvalue weighted by molar-refractivity contribution is 14.1. The van der Waals surface area contributed by atoms with E-state index in [9.17, 15) is 14.7 Å². The molecule has 4 nitrogen and oxygen atoms in total. The SMILES string of the molecule is Cc1cc(C)cc(C[C@H](C(=O)Nc2ccccc2I)[C@@H](C)C(=O)[O-])c1. The first-order chi connectivity index (χ1) is 11.8. The Bertz CT molecular complexity index is 768. The van der Waals surface area contributed by atoms with Gasteiger partial charge in [0.15, 0.2) is 0 Å². The third-order valence-corrected chi connectivity index (χ3v) is 5.12. The zero-order chi connectivity index (χ0) is 18.6. The zero-order valence-electron chi connectivity index (χ0n) is 14.5. The Balaban J connectivity index is 2.27. The van der Waals surface area contributed by atoms with Crippen molar-refractivity contribution in [2.75, 3.05) is 5.32 Å². The molecule has 2 atom stereocenters. The Morgan fingerprint density at radius 2 is 1.72 bits per heavy atom. The van der Waals surface area contributed by atoms with E-state index in [0.29, 0.717) is 12.1 Å². The number of halogens is 1. The molecule has 0 radical (unpaired) electrons. The number of para-hydroxylation sites is 1. The summed E-state index contributed by atoms with van der Waals surface area (Å²) in [6.45, 7) is 5.50. The van der Waals surface area contributed by atoms with Crippen LogP contribution in [-0.2, 0) is 16.0 Å². The highest BCUT2D eigenvalue weighted by Crippen LogP contribution is 2.23. The van der Waals surface area contributed by atoms with Gasteiger partial charge in [-0.25, -0.2) is 0 Å². The summed E-state index contributed by atoms with van der Waals surface area (Å²) in [4.78, 5) is 24.2. The normalized spacial score (nSPS) is 13.1. The van der Waals surface area contributed by atoms with Crippen LogP contribution < -0.4 is 10.4 Å². The third-order valence-electron chi connectivity index (χ3n) is 4.18. The van der Waals surface area contributed by atoms with Crippen molar-refractivity contribution in [1.82, 2.24) is 0 Å². The Kier molecular flexibility index (Phi) is 6.58. The van der Waals surface area contributed by atoms with Crippen molar-refractivity contribution in [3.8, 4) is 0 Å². The number of carboxylic acid groups (broad SMARTS) is 1. The Morgan fingerprint density at radius 3 is 2.28 bits per heavy atom. The fraction of sp³-hybridized carbons (Fsp3) is 0.300. The van der Waals surface area contributed by atoms with Crippen LogP contribution in [0.4, 0.5) is 5.69 Å². The summed E-state index contributed by atoms with van der Waals surface area (Å²) < 4.78 is 0.903. The molecule has 0 heterocycles. The molecule has 0 aromatic heterocycles. The van der Waals surface area contributed by atoms with Crippen molar-refractivity contribution in [3.63, 3.8) is 0 Å².